The van der Waals surface area contributed by atoms with Crippen molar-refractivity contribution in [1.29, 1.82) is 0 Å². The van der Waals surface area contributed by atoms with Crippen LogP contribution in [-0.4, -0.2) is 63.1 Å². The van der Waals surface area contributed by atoms with Gasteiger partial charge >= 0.3 is 0 Å². The highest BCUT2D eigenvalue weighted by molar-refractivity contribution is 7.89. The van der Waals surface area contributed by atoms with Crippen LogP contribution in [0.15, 0.2) is 45.9 Å². The summed E-state index contributed by atoms with van der Waals surface area (Å²) in [6.07, 6.45) is 1.61. The largest absolute Gasteiger partial charge is 0.493 e. The molecule has 0 radical (unpaired) electrons. The summed E-state index contributed by atoms with van der Waals surface area (Å²) in [4.78, 5) is 2.14. The van der Waals surface area contributed by atoms with E-state index in [1.54, 1.807) is 12.3 Å². The molecule has 8 nitrogen and oxygen atoms in total. The summed E-state index contributed by atoms with van der Waals surface area (Å²) in [5.41, 5.74) is 0. The van der Waals surface area contributed by atoms with E-state index in [1.807, 2.05) is 17.0 Å². The van der Waals surface area contributed by atoms with Crippen LogP contribution < -0.4 is 14.8 Å². The van der Waals surface area contributed by atoms with Gasteiger partial charge in [0.2, 0.25) is 10.0 Å². The first kappa shape index (κ1) is 20.4. The van der Waals surface area contributed by atoms with Crippen LogP contribution in [0.2, 0.25) is 0 Å². The Balaban J connectivity index is 1.61. The molecule has 0 aliphatic carbocycles. The normalized spacial score (nSPS) is 15.3. The topological polar surface area (TPSA) is 84.3 Å². The summed E-state index contributed by atoms with van der Waals surface area (Å²) >= 11 is 5.41. The van der Waals surface area contributed by atoms with Crippen molar-refractivity contribution in [1.82, 2.24) is 14.5 Å². The molecule has 1 N–H and O–H groups in total. The van der Waals surface area contributed by atoms with E-state index in [-0.39, 0.29) is 4.90 Å². The van der Waals surface area contributed by atoms with E-state index in [1.165, 1.54) is 30.7 Å². The Morgan fingerprint density at radius 2 is 1.86 bits per heavy atom. The van der Waals surface area contributed by atoms with Gasteiger partial charge in [0, 0.05) is 32.2 Å². The second-order valence-electron chi connectivity index (χ2n) is 6.15. The van der Waals surface area contributed by atoms with Crippen LogP contribution in [0.3, 0.4) is 0 Å². The molecule has 1 aliphatic rings. The smallest absolute Gasteiger partial charge is 0.243 e. The average molecular weight is 426 g/mol. The van der Waals surface area contributed by atoms with Gasteiger partial charge in [-0.25, -0.2) is 8.42 Å². The Labute approximate surface area is 170 Å². The molecule has 1 fully saturated rings. The number of nitrogens with zero attached hydrogens (tertiary/aromatic N) is 2. The molecule has 0 unspecified atom stereocenters. The molecule has 0 amide bonds. The minimum absolute atomic E-state index is 0.178. The Bertz CT molecular complexity index is 907. The van der Waals surface area contributed by atoms with Crippen LogP contribution in [-0.2, 0) is 16.6 Å². The molecule has 1 aromatic heterocycles. The van der Waals surface area contributed by atoms with Gasteiger partial charge in [-0.05, 0) is 36.5 Å². The van der Waals surface area contributed by atoms with Crippen LogP contribution in [0.5, 0.6) is 11.5 Å². The van der Waals surface area contributed by atoms with Crippen LogP contribution >= 0.6 is 12.2 Å². The number of sulfonamides is 1. The molecular weight excluding hydrogens is 402 g/mol. The Hall–Kier alpha value is -2.30. The fourth-order valence-electron chi connectivity index (χ4n) is 2.95. The van der Waals surface area contributed by atoms with E-state index >= 15 is 0 Å². The van der Waals surface area contributed by atoms with E-state index in [0.29, 0.717) is 49.3 Å². The summed E-state index contributed by atoms with van der Waals surface area (Å²) in [6.45, 7) is 2.21. The number of ether oxygens (including phenoxy) is 2. The molecule has 10 heteroatoms. The number of benzene rings is 1. The molecular formula is C18H23N3O5S2. The van der Waals surface area contributed by atoms with E-state index in [0.717, 1.165) is 5.76 Å². The van der Waals surface area contributed by atoms with E-state index in [9.17, 15) is 8.42 Å². The fraction of sp³-hybridized carbons (Fsp3) is 0.389. The highest BCUT2D eigenvalue weighted by Gasteiger charge is 2.30. The first-order chi connectivity index (χ1) is 13.5. The molecule has 1 aromatic carbocycles. The zero-order valence-electron chi connectivity index (χ0n) is 15.8. The molecule has 1 aliphatic heterocycles. The van der Waals surface area contributed by atoms with Gasteiger partial charge < -0.3 is 24.1 Å². The van der Waals surface area contributed by atoms with Crippen molar-refractivity contribution in [2.45, 2.75) is 11.4 Å². The Kier molecular flexibility index (Phi) is 6.42. The lowest BCUT2D eigenvalue weighted by Crippen LogP contribution is -2.52. The molecule has 3 rings (SSSR count). The number of thiocarbonyl (C=S) groups is 1. The van der Waals surface area contributed by atoms with Crippen molar-refractivity contribution < 1.29 is 22.3 Å². The maximum absolute atomic E-state index is 13.0. The third-order valence-electron chi connectivity index (χ3n) is 4.51. The first-order valence-electron chi connectivity index (χ1n) is 8.73. The number of hydrogen-bond donors (Lipinski definition) is 1. The van der Waals surface area contributed by atoms with Crippen molar-refractivity contribution in [3.63, 3.8) is 0 Å². The van der Waals surface area contributed by atoms with Gasteiger partial charge in [-0.3, -0.25) is 0 Å². The van der Waals surface area contributed by atoms with Crippen molar-refractivity contribution in [3.05, 3.63) is 42.4 Å². The first-order valence-corrected chi connectivity index (χ1v) is 10.6. The second-order valence-corrected chi connectivity index (χ2v) is 8.47. The maximum atomic E-state index is 13.0. The standard InChI is InChI=1S/C18H23N3O5S2/c1-24-16-6-5-15(12-17(16)25-2)28(22,23)21-9-7-20(8-10-21)18(27)19-13-14-4-3-11-26-14/h3-6,11-12H,7-10,13H2,1-2H3,(H,19,27). The van der Waals surface area contributed by atoms with Crippen LogP contribution in [0, 0.1) is 0 Å². The number of methoxy groups -OCH3 is 2. The lowest BCUT2D eigenvalue weighted by Gasteiger charge is -2.35. The third-order valence-corrected chi connectivity index (χ3v) is 6.81. The van der Waals surface area contributed by atoms with Gasteiger partial charge in [-0.1, -0.05) is 0 Å². The second kappa shape index (κ2) is 8.80. The zero-order chi connectivity index (χ0) is 20.1. The average Bonchev–Trinajstić information content (AvgIpc) is 3.25. The van der Waals surface area contributed by atoms with Gasteiger partial charge in [0.1, 0.15) is 5.76 Å². The Morgan fingerprint density at radius 1 is 1.14 bits per heavy atom. The summed E-state index contributed by atoms with van der Waals surface area (Å²) in [7, 11) is -0.640. The predicted molar refractivity (Wildman–Crippen MR) is 108 cm³/mol. The molecule has 0 atom stereocenters. The van der Waals surface area contributed by atoms with Gasteiger partial charge in [-0.15, -0.1) is 0 Å². The SMILES string of the molecule is COc1ccc(S(=O)(=O)N2CCN(C(=S)NCc3ccco3)CC2)cc1OC. The third kappa shape index (κ3) is 4.40. The van der Waals surface area contributed by atoms with Crippen LogP contribution in [0.1, 0.15) is 5.76 Å². The number of rotatable bonds is 6. The number of piperazine rings is 1. The quantitative estimate of drug-likeness (QED) is 0.700. The van der Waals surface area contributed by atoms with Gasteiger partial charge in [-0.2, -0.15) is 4.31 Å². The molecule has 0 spiro atoms. The van der Waals surface area contributed by atoms with Crippen LogP contribution in [0.25, 0.3) is 0 Å². The molecule has 28 heavy (non-hydrogen) atoms. The number of furan rings is 1. The predicted octanol–water partition coefficient (Wildman–Crippen LogP) is 1.68. The van der Waals surface area contributed by atoms with Crippen LogP contribution in [0.4, 0.5) is 0 Å². The van der Waals surface area contributed by atoms with E-state index in [2.05, 4.69) is 5.32 Å². The van der Waals surface area contributed by atoms with E-state index < -0.39 is 10.0 Å². The minimum atomic E-state index is -3.62. The fourth-order valence-corrected chi connectivity index (χ4v) is 4.64. The number of nitrogens with one attached hydrogen (secondary N) is 1. The highest BCUT2D eigenvalue weighted by atomic mass is 32.2. The summed E-state index contributed by atoms with van der Waals surface area (Å²) in [6, 6.07) is 8.28. The molecule has 2 heterocycles. The number of hydrogen-bond acceptors (Lipinski definition) is 6. The van der Waals surface area contributed by atoms with Crippen molar-refractivity contribution in [2.24, 2.45) is 0 Å². The van der Waals surface area contributed by atoms with Crippen molar-refractivity contribution >= 4 is 27.4 Å². The van der Waals surface area contributed by atoms with Gasteiger partial charge in [0.15, 0.2) is 16.6 Å². The molecule has 1 saturated heterocycles. The maximum Gasteiger partial charge on any atom is 0.243 e. The monoisotopic (exact) mass is 425 g/mol. The Morgan fingerprint density at radius 3 is 2.46 bits per heavy atom. The molecule has 2 aromatic rings. The molecule has 0 bridgehead atoms. The summed E-state index contributed by atoms with van der Waals surface area (Å²) < 4.78 is 43.0. The lowest BCUT2D eigenvalue weighted by atomic mass is 10.3. The summed E-state index contributed by atoms with van der Waals surface area (Å²) in [5.74, 6) is 1.65. The van der Waals surface area contributed by atoms with Gasteiger partial charge in [0.25, 0.3) is 0 Å². The molecule has 152 valence electrons. The van der Waals surface area contributed by atoms with Crippen molar-refractivity contribution in [3.8, 4) is 11.5 Å². The lowest BCUT2D eigenvalue weighted by molar-refractivity contribution is 0.263. The zero-order valence-corrected chi connectivity index (χ0v) is 17.4. The molecule has 0 saturated carbocycles. The highest BCUT2D eigenvalue weighted by Crippen LogP contribution is 2.30. The van der Waals surface area contributed by atoms with E-state index in [4.69, 9.17) is 26.1 Å². The van der Waals surface area contributed by atoms with Crippen molar-refractivity contribution in [2.75, 3.05) is 40.4 Å². The minimum Gasteiger partial charge on any atom is -0.493 e. The summed E-state index contributed by atoms with van der Waals surface area (Å²) in [5, 5.41) is 3.72. The van der Waals surface area contributed by atoms with Gasteiger partial charge in [0.05, 0.1) is 31.9 Å².